The van der Waals surface area contributed by atoms with Gasteiger partial charge in [-0.1, -0.05) is 34.6 Å². The molecule has 2 atom stereocenters. The summed E-state index contributed by atoms with van der Waals surface area (Å²) in [5.41, 5.74) is 0.00984. The van der Waals surface area contributed by atoms with Gasteiger partial charge in [0.2, 0.25) is 0 Å². The normalized spacial score (nSPS) is 26.2. The molecule has 1 aliphatic heterocycles. The summed E-state index contributed by atoms with van der Waals surface area (Å²) in [6.45, 7) is 14.1. The zero-order valence-electron chi connectivity index (χ0n) is 11.0. The van der Waals surface area contributed by atoms with Crippen LogP contribution in [0, 0.1) is 17.3 Å². The third kappa shape index (κ3) is 3.76. The SMILES string of the molecule is CC(C)C1CCN(CC(O)C(C)(C)C)C1. The second kappa shape index (κ2) is 4.84. The van der Waals surface area contributed by atoms with Crippen LogP contribution in [0.2, 0.25) is 0 Å². The van der Waals surface area contributed by atoms with Crippen LogP contribution in [-0.2, 0) is 0 Å². The third-order valence-electron chi connectivity index (χ3n) is 3.68. The maximum atomic E-state index is 10.0. The Bertz CT molecular complexity index is 195. The van der Waals surface area contributed by atoms with Crippen molar-refractivity contribution in [3.05, 3.63) is 0 Å². The molecule has 2 unspecified atom stereocenters. The summed E-state index contributed by atoms with van der Waals surface area (Å²) >= 11 is 0. The molecule has 0 saturated carbocycles. The number of likely N-dealkylation sites (tertiary alicyclic amines) is 1. The Morgan fingerprint density at radius 1 is 1.33 bits per heavy atom. The first kappa shape index (κ1) is 13.0. The van der Waals surface area contributed by atoms with Gasteiger partial charge in [0.05, 0.1) is 6.10 Å². The molecule has 0 spiro atoms. The van der Waals surface area contributed by atoms with E-state index in [1.807, 2.05) is 0 Å². The van der Waals surface area contributed by atoms with Gasteiger partial charge in [-0.3, -0.25) is 0 Å². The Hall–Kier alpha value is -0.0800. The van der Waals surface area contributed by atoms with Crippen LogP contribution in [0.4, 0.5) is 0 Å². The Kier molecular flexibility index (Phi) is 4.19. The molecule has 1 rings (SSSR count). The molecule has 1 saturated heterocycles. The van der Waals surface area contributed by atoms with Gasteiger partial charge >= 0.3 is 0 Å². The molecular weight excluding hydrogens is 186 g/mol. The van der Waals surface area contributed by atoms with Crippen LogP contribution < -0.4 is 0 Å². The van der Waals surface area contributed by atoms with Crippen molar-refractivity contribution < 1.29 is 5.11 Å². The maximum absolute atomic E-state index is 10.0. The molecule has 0 amide bonds. The fraction of sp³-hybridized carbons (Fsp3) is 1.00. The van der Waals surface area contributed by atoms with E-state index in [1.54, 1.807) is 0 Å². The zero-order chi connectivity index (χ0) is 11.6. The Morgan fingerprint density at radius 3 is 2.33 bits per heavy atom. The molecule has 0 aromatic carbocycles. The summed E-state index contributed by atoms with van der Waals surface area (Å²) in [7, 11) is 0. The van der Waals surface area contributed by atoms with Crippen LogP contribution >= 0.6 is 0 Å². The first-order chi connectivity index (χ1) is 6.80. The molecule has 2 nitrogen and oxygen atoms in total. The van der Waals surface area contributed by atoms with Gasteiger partial charge in [-0.05, 0) is 30.2 Å². The van der Waals surface area contributed by atoms with Crippen molar-refractivity contribution in [2.24, 2.45) is 17.3 Å². The van der Waals surface area contributed by atoms with Crippen LogP contribution in [0.25, 0.3) is 0 Å². The van der Waals surface area contributed by atoms with Crippen LogP contribution in [0.5, 0.6) is 0 Å². The van der Waals surface area contributed by atoms with E-state index in [4.69, 9.17) is 0 Å². The monoisotopic (exact) mass is 213 g/mol. The van der Waals surface area contributed by atoms with E-state index >= 15 is 0 Å². The van der Waals surface area contributed by atoms with Crippen molar-refractivity contribution in [2.75, 3.05) is 19.6 Å². The molecular formula is C13H27NO. The summed E-state index contributed by atoms with van der Waals surface area (Å²) < 4.78 is 0. The predicted molar refractivity (Wildman–Crippen MR) is 64.8 cm³/mol. The van der Waals surface area contributed by atoms with E-state index in [-0.39, 0.29) is 11.5 Å². The summed E-state index contributed by atoms with van der Waals surface area (Å²) in [6, 6.07) is 0. The molecule has 0 radical (unpaired) electrons. The lowest BCUT2D eigenvalue weighted by molar-refractivity contribution is 0.0332. The standard InChI is InChI=1S/C13H27NO/c1-10(2)11-6-7-14(8-11)9-12(15)13(3,4)5/h10-12,15H,6-9H2,1-5H3. The Balaban J connectivity index is 2.36. The van der Waals surface area contributed by atoms with Crippen molar-refractivity contribution in [1.82, 2.24) is 4.90 Å². The van der Waals surface area contributed by atoms with Gasteiger partial charge in [0.1, 0.15) is 0 Å². The average Bonchev–Trinajstić information content (AvgIpc) is 2.50. The average molecular weight is 213 g/mol. The highest BCUT2D eigenvalue weighted by Gasteiger charge is 2.29. The lowest BCUT2D eigenvalue weighted by Crippen LogP contribution is -2.38. The highest BCUT2D eigenvalue weighted by Crippen LogP contribution is 2.26. The summed E-state index contributed by atoms with van der Waals surface area (Å²) in [4.78, 5) is 2.42. The molecule has 0 aliphatic carbocycles. The molecule has 1 heterocycles. The zero-order valence-corrected chi connectivity index (χ0v) is 11.0. The minimum absolute atomic E-state index is 0.00984. The van der Waals surface area contributed by atoms with Crippen LogP contribution in [-0.4, -0.2) is 35.7 Å². The van der Waals surface area contributed by atoms with Crippen LogP contribution in [0.15, 0.2) is 0 Å². The molecule has 0 aromatic heterocycles. The van der Waals surface area contributed by atoms with Gasteiger partial charge in [0, 0.05) is 13.1 Å². The van der Waals surface area contributed by atoms with Crippen LogP contribution in [0.1, 0.15) is 41.0 Å². The van der Waals surface area contributed by atoms with Gasteiger partial charge in [-0.2, -0.15) is 0 Å². The number of aliphatic hydroxyl groups excluding tert-OH is 1. The van der Waals surface area contributed by atoms with E-state index in [1.165, 1.54) is 13.0 Å². The van der Waals surface area contributed by atoms with Gasteiger partial charge in [0.15, 0.2) is 0 Å². The molecule has 15 heavy (non-hydrogen) atoms. The smallest absolute Gasteiger partial charge is 0.0715 e. The minimum Gasteiger partial charge on any atom is -0.391 e. The molecule has 2 heteroatoms. The topological polar surface area (TPSA) is 23.5 Å². The van der Waals surface area contributed by atoms with E-state index in [9.17, 15) is 5.11 Å². The van der Waals surface area contributed by atoms with E-state index in [2.05, 4.69) is 39.5 Å². The van der Waals surface area contributed by atoms with Crippen molar-refractivity contribution in [3.8, 4) is 0 Å². The molecule has 0 aromatic rings. The highest BCUT2D eigenvalue weighted by atomic mass is 16.3. The van der Waals surface area contributed by atoms with Crippen molar-refractivity contribution >= 4 is 0 Å². The second-order valence-electron chi connectivity index (χ2n) is 6.43. The highest BCUT2D eigenvalue weighted by molar-refractivity contribution is 4.82. The molecule has 90 valence electrons. The van der Waals surface area contributed by atoms with Crippen molar-refractivity contribution in [2.45, 2.75) is 47.1 Å². The molecule has 1 fully saturated rings. The number of hydrogen-bond donors (Lipinski definition) is 1. The maximum Gasteiger partial charge on any atom is 0.0715 e. The number of hydrogen-bond acceptors (Lipinski definition) is 2. The number of β-amino-alcohol motifs (C(OH)–C–C–N with tert-alkyl or cyclic N) is 1. The summed E-state index contributed by atoms with van der Waals surface area (Å²) in [6.07, 6.45) is 1.09. The fourth-order valence-corrected chi connectivity index (χ4v) is 2.09. The first-order valence-electron chi connectivity index (χ1n) is 6.21. The van der Waals surface area contributed by atoms with E-state index in [0.29, 0.717) is 0 Å². The second-order valence-corrected chi connectivity index (χ2v) is 6.43. The van der Waals surface area contributed by atoms with Gasteiger partial charge < -0.3 is 10.0 Å². The number of nitrogens with zero attached hydrogens (tertiary/aromatic N) is 1. The lowest BCUT2D eigenvalue weighted by atomic mass is 9.89. The summed E-state index contributed by atoms with van der Waals surface area (Å²) in [5, 5.41) is 10.0. The number of rotatable bonds is 3. The van der Waals surface area contributed by atoms with E-state index in [0.717, 1.165) is 24.9 Å². The van der Waals surface area contributed by atoms with Crippen LogP contribution in [0.3, 0.4) is 0 Å². The molecule has 0 bridgehead atoms. The predicted octanol–water partition coefficient (Wildman–Crippen LogP) is 2.37. The van der Waals surface area contributed by atoms with E-state index < -0.39 is 0 Å². The largest absolute Gasteiger partial charge is 0.391 e. The quantitative estimate of drug-likeness (QED) is 0.778. The lowest BCUT2D eigenvalue weighted by Gasteiger charge is -2.30. The third-order valence-corrected chi connectivity index (χ3v) is 3.68. The van der Waals surface area contributed by atoms with Crippen molar-refractivity contribution in [3.63, 3.8) is 0 Å². The summed E-state index contributed by atoms with van der Waals surface area (Å²) in [5.74, 6) is 1.61. The number of aliphatic hydroxyl groups is 1. The van der Waals surface area contributed by atoms with Gasteiger partial charge in [-0.25, -0.2) is 0 Å². The van der Waals surface area contributed by atoms with Gasteiger partial charge in [-0.15, -0.1) is 0 Å². The Labute approximate surface area is 94.7 Å². The van der Waals surface area contributed by atoms with Gasteiger partial charge in [0.25, 0.3) is 0 Å². The van der Waals surface area contributed by atoms with Crippen molar-refractivity contribution in [1.29, 1.82) is 0 Å². The fourth-order valence-electron chi connectivity index (χ4n) is 2.09. The first-order valence-corrected chi connectivity index (χ1v) is 6.21. The molecule has 1 aliphatic rings. The Morgan fingerprint density at radius 2 is 1.93 bits per heavy atom. The minimum atomic E-state index is -0.205. The molecule has 1 N–H and O–H groups in total.